The molecule has 6 nitrogen and oxygen atoms in total. The van der Waals surface area contributed by atoms with Crippen molar-refractivity contribution >= 4 is 15.9 Å². The largest absolute Gasteiger partial charge is 0.351 e. The Hall–Kier alpha value is -2.25. The fraction of sp³-hybridized carbons (Fsp3) is 0.333. The molecule has 0 spiro atoms. The summed E-state index contributed by atoms with van der Waals surface area (Å²) in [7, 11) is -3.63. The van der Waals surface area contributed by atoms with Gasteiger partial charge in [-0.2, -0.15) is 0 Å². The molecule has 134 valence electrons. The Morgan fingerprint density at radius 1 is 1.08 bits per heavy atom. The number of pyridine rings is 1. The standard InChI is InChI=1S/C18H23N3O3S/c1-14(2)17(18(22)20-12-16-9-6-10-19-11-16)21-25(23,24)13-15-7-4-3-5-8-15/h3-11,14,17,21H,12-13H2,1-2H3,(H,20,22)/t17-/m0/s1. The second-order valence-corrected chi connectivity index (χ2v) is 7.92. The van der Waals surface area contributed by atoms with Crippen LogP contribution in [0.15, 0.2) is 54.9 Å². The predicted molar refractivity (Wildman–Crippen MR) is 96.9 cm³/mol. The zero-order valence-corrected chi connectivity index (χ0v) is 15.2. The molecule has 1 aromatic carbocycles. The third kappa shape index (κ3) is 6.28. The Kier molecular flexibility index (Phi) is 6.66. The third-order valence-electron chi connectivity index (χ3n) is 3.64. The number of rotatable bonds is 8. The van der Waals surface area contributed by atoms with E-state index in [0.29, 0.717) is 12.1 Å². The molecule has 0 saturated carbocycles. The van der Waals surface area contributed by atoms with Gasteiger partial charge >= 0.3 is 0 Å². The van der Waals surface area contributed by atoms with Crippen molar-refractivity contribution in [2.45, 2.75) is 32.2 Å². The normalized spacial score (nSPS) is 12.8. The molecule has 1 atom stereocenters. The minimum atomic E-state index is -3.63. The van der Waals surface area contributed by atoms with E-state index >= 15 is 0 Å². The zero-order valence-electron chi connectivity index (χ0n) is 14.3. The Bertz CT molecular complexity index is 778. The number of amides is 1. The van der Waals surface area contributed by atoms with Crippen molar-refractivity contribution in [3.8, 4) is 0 Å². The van der Waals surface area contributed by atoms with Crippen LogP contribution < -0.4 is 10.0 Å². The van der Waals surface area contributed by atoms with Gasteiger partial charge in [0.2, 0.25) is 15.9 Å². The first-order valence-electron chi connectivity index (χ1n) is 8.08. The molecule has 2 N–H and O–H groups in total. The summed E-state index contributed by atoms with van der Waals surface area (Å²) in [4.78, 5) is 16.4. The van der Waals surface area contributed by atoms with Gasteiger partial charge in [0.1, 0.15) is 6.04 Å². The highest BCUT2D eigenvalue weighted by atomic mass is 32.2. The molecule has 0 bridgehead atoms. The molecule has 1 heterocycles. The number of hydrogen-bond acceptors (Lipinski definition) is 4. The maximum Gasteiger partial charge on any atom is 0.238 e. The molecule has 0 radical (unpaired) electrons. The molecule has 2 aromatic rings. The number of nitrogens with zero attached hydrogens (tertiary/aromatic N) is 1. The minimum absolute atomic E-state index is 0.160. The summed E-state index contributed by atoms with van der Waals surface area (Å²) in [6.07, 6.45) is 3.31. The number of nitrogens with one attached hydrogen (secondary N) is 2. The van der Waals surface area contributed by atoms with Crippen molar-refractivity contribution in [2.75, 3.05) is 0 Å². The Labute approximate surface area is 148 Å². The van der Waals surface area contributed by atoms with Gasteiger partial charge in [-0.25, -0.2) is 13.1 Å². The van der Waals surface area contributed by atoms with Crippen LogP contribution in [0.2, 0.25) is 0 Å². The van der Waals surface area contributed by atoms with Crippen LogP contribution in [0.3, 0.4) is 0 Å². The molecular weight excluding hydrogens is 338 g/mol. The van der Waals surface area contributed by atoms with Crippen molar-refractivity contribution in [1.29, 1.82) is 0 Å². The summed E-state index contributed by atoms with van der Waals surface area (Å²) in [6.45, 7) is 3.91. The van der Waals surface area contributed by atoms with Gasteiger partial charge in [0.05, 0.1) is 5.75 Å². The average Bonchev–Trinajstić information content (AvgIpc) is 2.59. The highest BCUT2D eigenvalue weighted by Gasteiger charge is 2.27. The number of carbonyl (C=O) groups excluding carboxylic acids is 1. The number of benzene rings is 1. The highest BCUT2D eigenvalue weighted by Crippen LogP contribution is 2.09. The molecule has 25 heavy (non-hydrogen) atoms. The summed E-state index contributed by atoms with van der Waals surface area (Å²) >= 11 is 0. The minimum Gasteiger partial charge on any atom is -0.351 e. The summed E-state index contributed by atoms with van der Waals surface area (Å²) < 4.78 is 27.3. The van der Waals surface area contributed by atoms with Crippen molar-refractivity contribution < 1.29 is 13.2 Å². The first kappa shape index (κ1) is 19.1. The smallest absolute Gasteiger partial charge is 0.238 e. The molecule has 0 aliphatic rings. The van der Waals surface area contributed by atoms with Crippen LogP contribution in [-0.4, -0.2) is 25.4 Å². The van der Waals surface area contributed by atoms with E-state index < -0.39 is 16.1 Å². The fourth-order valence-electron chi connectivity index (χ4n) is 2.32. The van der Waals surface area contributed by atoms with Crippen LogP contribution in [0.4, 0.5) is 0 Å². The summed E-state index contributed by atoms with van der Waals surface area (Å²) in [6, 6.07) is 11.7. The highest BCUT2D eigenvalue weighted by molar-refractivity contribution is 7.88. The van der Waals surface area contributed by atoms with Gasteiger partial charge in [-0.1, -0.05) is 50.2 Å². The van der Waals surface area contributed by atoms with E-state index in [1.807, 2.05) is 12.1 Å². The summed E-state index contributed by atoms with van der Waals surface area (Å²) in [5.74, 6) is -0.692. The zero-order chi connectivity index (χ0) is 18.3. The first-order chi connectivity index (χ1) is 11.9. The molecule has 1 amide bonds. The van der Waals surface area contributed by atoms with Crippen molar-refractivity contribution in [2.24, 2.45) is 5.92 Å². The van der Waals surface area contributed by atoms with Gasteiger partial charge in [0.15, 0.2) is 0 Å². The number of hydrogen-bond donors (Lipinski definition) is 2. The maximum absolute atomic E-state index is 12.4. The Morgan fingerprint density at radius 2 is 1.76 bits per heavy atom. The quantitative estimate of drug-likeness (QED) is 0.751. The summed E-state index contributed by atoms with van der Waals surface area (Å²) in [5, 5.41) is 2.76. The molecule has 0 aliphatic carbocycles. The summed E-state index contributed by atoms with van der Waals surface area (Å²) in [5.41, 5.74) is 1.53. The van der Waals surface area contributed by atoms with Crippen molar-refractivity contribution in [3.63, 3.8) is 0 Å². The molecule has 0 aliphatic heterocycles. The maximum atomic E-state index is 12.4. The van der Waals surface area contributed by atoms with Crippen LogP contribution in [-0.2, 0) is 27.1 Å². The van der Waals surface area contributed by atoms with Crippen LogP contribution in [0, 0.1) is 5.92 Å². The Morgan fingerprint density at radius 3 is 2.36 bits per heavy atom. The van der Waals surface area contributed by atoms with Crippen LogP contribution >= 0.6 is 0 Å². The van der Waals surface area contributed by atoms with Crippen molar-refractivity contribution in [3.05, 3.63) is 66.0 Å². The van der Waals surface area contributed by atoms with E-state index in [9.17, 15) is 13.2 Å². The lowest BCUT2D eigenvalue weighted by Crippen LogP contribution is -2.49. The van der Waals surface area contributed by atoms with E-state index in [-0.39, 0.29) is 17.6 Å². The Balaban J connectivity index is 2.00. The molecule has 0 saturated heterocycles. The fourth-order valence-corrected chi connectivity index (χ4v) is 3.80. The monoisotopic (exact) mass is 361 g/mol. The lowest BCUT2D eigenvalue weighted by molar-refractivity contribution is -0.123. The predicted octanol–water partition coefficient (Wildman–Crippen LogP) is 1.84. The third-order valence-corrected chi connectivity index (χ3v) is 4.97. The van der Waals surface area contributed by atoms with Gasteiger partial charge in [0, 0.05) is 18.9 Å². The second-order valence-electron chi connectivity index (χ2n) is 6.16. The van der Waals surface area contributed by atoms with Gasteiger partial charge in [-0.05, 0) is 23.1 Å². The van der Waals surface area contributed by atoms with Crippen LogP contribution in [0.1, 0.15) is 25.0 Å². The molecule has 2 rings (SSSR count). The van der Waals surface area contributed by atoms with Crippen LogP contribution in [0.5, 0.6) is 0 Å². The molecular formula is C18H23N3O3S. The van der Waals surface area contributed by atoms with Crippen molar-refractivity contribution in [1.82, 2.24) is 15.0 Å². The van der Waals surface area contributed by atoms with E-state index in [1.165, 1.54) is 0 Å². The number of carbonyl (C=O) groups is 1. The number of aromatic nitrogens is 1. The van der Waals surface area contributed by atoms with Gasteiger partial charge in [-0.3, -0.25) is 9.78 Å². The van der Waals surface area contributed by atoms with Gasteiger partial charge < -0.3 is 5.32 Å². The van der Waals surface area contributed by atoms with E-state index in [2.05, 4.69) is 15.0 Å². The first-order valence-corrected chi connectivity index (χ1v) is 9.73. The second kappa shape index (κ2) is 8.73. The topological polar surface area (TPSA) is 88.2 Å². The molecule has 0 fully saturated rings. The molecule has 7 heteroatoms. The average molecular weight is 361 g/mol. The van der Waals surface area contributed by atoms with E-state index in [0.717, 1.165) is 5.56 Å². The van der Waals surface area contributed by atoms with E-state index in [4.69, 9.17) is 0 Å². The lowest BCUT2D eigenvalue weighted by Gasteiger charge is -2.21. The van der Waals surface area contributed by atoms with Gasteiger partial charge in [-0.15, -0.1) is 0 Å². The van der Waals surface area contributed by atoms with E-state index in [1.54, 1.807) is 56.6 Å². The van der Waals surface area contributed by atoms with Crippen LogP contribution in [0.25, 0.3) is 0 Å². The molecule has 0 unspecified atom stereocenters. The van der Waals surface area contributed by atoms with Gasteiger partial charge in [0.25, 0.3) is 0 Å². The number of sulfonamides is 1. The lowest BCUT2D eigenvalue weighted by atomic mass is 10.0. The SMILES string of the molecule is CC(C)[C@H](NS(=O)(=O)Cc1ccccc1)C(=O)NCc1cccnc1. The molecule has 1 aromatic heterocycles.